The predicted molar refractivity (Wildman–Crippen MR) is 82.9 cm³/mol. The number of Topliss-reactive ketones (excluding diaryl/α,β-unsaturated/α-hetero) is 1. The van der Waals surface area contributed by atoms with Crippen LogP contribution in [0.3, 0.4) is 0 Å². The summed E-state index contributed by atoms with van der Waals surface area (Å²) in [5.41, 5.74) is 9.91. The van der Waals surface area contributed by atoms with Crippen molar-refractivity contribution in [1.82, 2.24) is 4.98 Å². The first kappa shape index (κ1) is 13.5. The van der Waals surface area contributed by atoms with E-state index in [9.17, 15) is 4.79 Å². The number of fused-ring (bicyclic) bond motifs is 3. The number of carbonyl (C=O) groups is 1. The van der Waals surface area contributed by atoms with E-state index in [0.29, 0.717) is 18.7 Å². The normalized spacial score (nSPS) is 12.2. The second-order valence-corrected chi connectivity index (χ2v) is 5.01. The number of benzene rings is 1. The molecule has 0 saturated carbocycles. The lowest BCUT2D eigenvalue weighted by Crippen LogP contribution is -2.10. The third-order valence-corrected chi connectivity index (χ3v) is 3.57. The van der Waals surface area contributed by atoms with Crippen molar-refractivity contribution < 1.29 is 4.79 Å². The smallest absolute Gasteiger partial charge is 0.182 e. The summed E-state index contributed by atoms with van der Waals surface area (Å²) in [6.07, 6.45) is 2.06. The zero-order valence-electron chi connectivity index (χ0n) is 11.7. The molecule has 21 heavy (non-hydrogen) atoms. The van der Waals surface area contributed by atoms with Crippen LogP contribution in [0.4, 0.5) is 0 Å². The summed E-state index contributed by atoms with van der Waals surface area (Å²) < 4.78 is 0. The van der Waals surface area contributed by atoms with E-state index in [2.05, 4.69) is 22.9 Å². The van der Waals surface area contributed by atoms with Crippen LogP contribution in [0.15, 0.2) is 36.4 Å². The monoisotopic (exact) mass is 276 g/mol. The molecule has 2 aromatic rings. The van der Waals surface area contributed by atoms with Crippen molar-refractivity contribution >= 4 is 5.78 Å². The highest BCUT2D eigenvalue weighted by Gasteiger charge is 2.15. The van der Waals surface area contributed by atoms with Gasteiger partial charge in [0, 0.05) is 18.4 Å². The average molecular weight is 276 g/mol. The number of aromatic nitrogens is 1. The molecule has 0 atom stereocenters. The van der Waals surface area contributed by atoms with Crippen molar-refractivity contribution in [3.63, 3.8) is 0 Å². The molecule has 1 aliphatic carbocycles. The first-order chi connectivity index (χ1) is 10.3. The molecule has 0 amide bonds. The van der Waals surface area contributed by atoms with E-state index >= 15 is 0 Å². The number of ketones is 1. The van der Waals surface area contributed by atoms with E-state index in [0.717, 1.165) is 29.7 Å². The molecule has 0 saturated heterocycles. The Morgan fingerprint density at radius 2 is 2.10 bits per heavy atom. The number of rotatable bonds is 3. The maximum absolute atomic E-state index is 12.0. The van der Waals surface area contributed by atoms with Crippen molar-refractivity contribution in [1.29, 1.82) is 0 Å². The highest BCUT2D eigenvalue weighted by Crippen LogP contribution is 2.27. The highest BCUT2D eigenvalue weighted by atomic mass is 16.1. The molecule has 0 unspecified atom stereocenters. The van der Waals surface area contributed by atoms with Crippen molar-refractivity contribution in [2.75, 3.05) is 6.54 Å². The number of aryl methyl sites for hydroxylation is 1. The fourth-order valence-corrected chi connectivity index (χ4v) is 2.50. The molecule has 1 aromatic carbocycles. The van der Waals surface area contributed by atoms with Gasteiger partial charge in [-0.15, -0.1) is 0 Å². The second-order valence-electron chi connectivity index (χ2n) is 5.01. The number of carbonyl (C=O) groups excluding carboxylic acids is 1. The molecule has 1 heterocycles. The van der Waals surface area contributed by atoms with E-state index in [4.69, 9.17) is 5.73 Å². The van der Waals surface area contributed by atoms with Crippen LogP contribution in [0.25, 0.3) is 11.3 Å². The van der Waals surface area contributed by atoms with Gasteiger partial charge in [-0.3, -0.25) is 4.79 Å². The summed E-state index contributed by atoms with van der Waals surface area (Å²) in [5.74, 6) is 6.30. The molecule has 2 N–H and O–H groups in total. The van der Waals surface area contributed by atoms with Gasteiger partial charge in [0.1, 0.15) is 5.69 Å². The predicted octanol–water partition coefficient (Wildman–Crippen LogP) is 2.58. The van der Waals surface area contributed by atoms with Crippen LogP contribution >= 0.6 is 0 Å². The van der Waals surface area contributed by atoms with Crippen LogP contribution in [0.1, 0.15) is 34.5 Å². The molecule has 0 spiro atoms. The van der Waals surface area contributed by atoms with Crippen LogP contribution < -0.4 is 5.73 Å². The Bertz CT molecular complexity index is 753. The Morgan fingerprint density at radius 3 is 2.95 bits per heavy atom. The zero-order chi connectivity index (χ0) is 14.7. The molecule has 3 heteroatoms. The topological polar surface area (TPSA) is 56.0 Å². The third kappa shape index (κ3) is 2.72. The minimum absolute atomic E-state index is 0.0206. The van der Waals surface area contributed by atoms with E-state index < -0.39 is 0 Å². The Morgan fingerprint density at radius 1 is 1.24 bits per heavy atom. The lowest BCUT2D eigenvalue weighted by molar-refractivity contribution is 0.0981. The minimum Gasteiger partial charge on any atom is -0.330 e. The lowest BCUT2D eigenvalue weighted by atomic mass is 9.95. The van der Waals surface area contributed by atoms with Crippen LogP contribution in [-0.4, -0.2) is 17.3 Å². The molecule has 0 bridgehead atoms. The van der Waals surface area contributed by atoms with Gasteiger partial charge in [0.25, 0.3) is 0 Å². The third-order valence-electron chi connectivity index (χ3n) is 3.57. The molecule has 0 radical (unpaired) electrons. The van der Waals surface area contributed by atoms with Gasteiger partial charge in [0.15, 0.2) is 5.78 Å². The van der Waals surface area contributed by atoms with Gasteiger partial charge >= 0.3 is 0 Å². The Kier molecular flexibility index (Phi) is 3.81. The quantitative estimate of drug-likeness (QED) is 0.692. The molecular formula is C18H16N2O. The van der Waals surface area contributed by atoms with E-state index in [-0.39, 0.29) is 5.78 Å². The van der Waals surface area contributed by atoms with Crippen LogP contribution in [0, 0.1) is 11.8 Å². The summed E-state index contributed by atoms with van der Waals surface area (Å²) in [5, 5.41) is 0. The fourth-order valence-electron chi connectivity index (χ4n) is 2.50. The van der Waals surface area contributed by atoms with Gasteiger partial charge in [-0.2, -0.15) is 0 Å². The number of hydrogen-bond donors (Lipinski definition) is 1. The van der Waals surface area contributed by atoms with Crippen LogP contribution in [-0.2, 0) is 6.42 Å². The van der Waals surface area contributed by atoms with E-state index in [1.807, 2.05) is 24.3 Å². The lowest BCUT2D eigenvalue weighted by Gasteiger charge is -2.13. The molecule has 0 fully saturated rings. The SMILES string of the molecule is NCCC(=O)c1ccc2c(n1)-c1ccccc1CCC#C2. The highest BCUT2D eigenvalue weighted by molar-refractivity contribution is 5.95. The summed E-state index contributed by atoms with van der Waals surface area (Å²) >= 11 is 0. The van der Waals surface area contributed by atoms with Crippen molar-refractivity contribution in [2.24, 2.45) is 5.73 Å². The van der Waals surface area contributed by atoms with Crippen LogP contribution in [0.5, 0.6) is 0 Å². The number of hydrogen-bond acceptors (Lipinski definition) is 3. The molecular weight excluding hydrogens is 260 g/mol. The maximum atomic E-state index is 12.0. The summed E-state index contributed by atoms with van der Waals surface area (Å²) in [4.78, 5) is 16.6. The van der Waals surface area contributed by atoms with Crippen LogP contribution in [0.2, 0.25) is 0 Å². The molecule has 0 aliphatic heterocycles. The molecule has 3 nitrogen and oxygen atoms in total. The van der Waals surface area contributed by atoms with Gasteiger partial charge in [0.2, 0.25) is 0 Å². The second kappa shape index (κ2) is 5.90. The molecule has 3 rings (SSSR count). The molecule has 104 valence electrons. The maximum Gasteiger partial charge on any atom is 0.182 e. The number of nitrogens with two attached hydrogens (primary N) is 1. The minimum atomic E-state index is -0.0206. The van der Waals surface area contributed by atoms with Gasteiger partial charge in [0.05, 0.1) is 11.3 Å². The van der Waals surface area contributed by atoms with Gasteiger partial charge in [-0.25, -0.2) is 4.98 Å². The van der Waals surface area contributed by atoms with Gasteiger partial charge in [-0.05, 0) is 30.7 Å². The summed E-state index contributed by atoms with van der Waals surface area (Å²) in [6.45, 7) is 0.341. The fraction of sp³-hybridized carbons (Fsp3) is 0.222. The summed E-state index contributed by atoms with van der Waals surface area (Å²) in [7, 11) is 0. The number of nitrogens with zero attached hydrogens (tertiary/aromatic N) is 1. The average Bonchev–Trinajstić information content (AvgIpc) is 2.50. The van der Waals surface area contributed by atoms with Crippen molar-refractivity contribution in [3.05, 3.63) is 53.2 Å². The zero-order valence-corrected chi connectivity index (χ0v) is 11.7. The molecule has 1 aromatic heterocycles. The van der Waals surface area contributed by atoms with Crippen molar-refractivity contribution in [2.45, 2.75) is 19.3 Å². The van der Waals surface area contributed by atoms with E-state index in [1.165, 1.54) is 5.56 Å². The van der Waals surface area contributed by atoms with E-state index in [1.54, 1.807) is 6.07 Å². The molecule has 1 aliphatic rings. The van der Waals surface area contributed by atoms with Gasteiger partial charge in [-0.1, -0.05) is 36.1 Å². The summed E-state index contributed by atoms with van der Waals surface area (Å²) in [6, 6.07) is 11.8. The Balaban J connectivity index is 2.16. The Labute approximate surface area is 124 Å². The number of pyridine rings is 1. The first-order valence-corrected chi connectivity index (χ1v) is 7.11. The Hall–Kier alpha value is -2.44. The standard InChI is InChI=1S/C18H16N2O/c19-12-11-17(21)16-10-9-14-7-2-1-5-13-6-3-4-8-15(13)18(14)20-16/h3-4,6,8-10H,1,5,11-12,19H2. The van der Waals surface area contributed by atoms with Gasteiger partial charge < -0.3 is 5.73 Å². The van der Waals surface area contributed by atoms with Crippen molar-refractivity contribution in [3.8, 4) is 23.1 Å². The largest absolute Gasteiger partial charge is 0.330 e. The first-order valence-electron chi connectivity index (χ1n) is 7.11.